The Balaban J connectivity index is 1.09. The minimum atomic E-state index is 0.662. The molecule has 4 aromatic heterocycles. The molecule has 0 atom stereocenters. The van der Waals surface area contributed by atoms with E-state index in [1.807, 2.05) is 30.3 Å². The van der Waals surface area contributed by atoms with Crippen LogP contribution in [0.15, 0.2) is 171 Å². The Labute approximate surface area is 285 Å². The van der Waals surface area contributed by atoms with Crippen molar-refractivity contribution in [3.63, 3.8) is 0 Å². The van der Waals surface area contributed by atoms with Crippen molar-refractivity contribution in [3.05, 3.63) is 158 Å². The number of anilines is 3. The van der Waals surface area contributed by atoms with Crippen LogP contribution in [-0.4, -0.2) is 4.98 Å². The van der Waals surface area contributed by atoms with Gasteiger partial charge >= 0.3 is 0 Å². The van der Waals surface area contributed by atoms with Crippen molar-refractivity contribution < 1.29 is 13.3 Å². The number of fused-ring (bicyclic) bond motifs is 11. The normalized spacial score (nSPS) is 12.0. The maximum Gasteiger partial charge on any atom is 0.227 e. The Kier molecular flexibility index (Phi) is 5.60. The smallest absolute Gasteiger partial charge is 0.227 e. The van der Waals surface area contributed by atoms with Crippen LogP contribution in [0, 0.1) is 0 Å². The summed E-state index contributed by atoms with van der Waals surface area (Å²) in [5.74, 6) is 0. The number of furan rings is 3. The Morgan fingerprint density at radius 3 is 1.74 bits per heavy atom. The lowest BCUT2D eigenvalue weighted by Gasteiger charge is -2.26. The van der Waals surface area contributed by atoms with E-state index in [0.29, 0.717) is 5.71 Å². The molecule has 0 N–H and O–H groups in total. The fraction of sp³-hybridized carbons (Fsp3) is 0. The maximum atomic E-state index is 6.23. The number of rotatable bonds is 4. The standard InChI is InChI=1S/C45H26N2O3/c1-3-12-40-34(9-1)38-25-31(16-20-42(38)48-40)47(32-17-21-43-39(26-32)35-10-2-4-13-41(35)49-43)30-8-5-7-27(24-30)28-14-18-33-29(23-28)15-19-36-37-11-6-22-46-45(37)50-44(33)36/h1-26H. The third-order valence-electron chi connectivity index (χ3n) is 9.91. The van der Waals surface area contributed by atoms with Crippen LogP contribution in [-0.2, 0) is 0 Å². The van der Waals surface area contributed by atoms with Crippen LogP contribution in [0.1, 0.15) is 0 Å². The molecule has 0 aliphatic rings. The van der Waals surface area contributed by atoms with Crippen molar-refractivity contribution in [3.8, 4) is 11.1 Å². The lowest BCUT2D eigenvalue weighted by molar-refractivity contribution is 0.657. The zero-order valence-corrected chi connectivity index (χ0v) is 26.6. The molecule has 50 heavy (non-hydrogen) atoms. The summed E-state index contributed by atoms with van der Waals surface area (Å²) < 4.78 is 18.6. The van der Waals surface area contributed by atoms with Gasteiger partial charge in [0.15, 0.2) is 0 Å². The summed E-state index contributed by atoms with van der Waals surface area (Å²) >= 11 is 0. The molecule has 0 radical (unpaired) electrons. The number of benzene rings is 7. The minimum Gasteiger partial charge on any atom is -0.456 e. The van der Waals surface area contributed by atoms with Crippen LogP contribution < -0.4 is 4.90 Å². The summed E-state index contributed by atoms with van der Waals surface area (Å²) in [4.78, 5) is 6.76. The average Bonchev–Trinajstić information content (AvgIpc) is 3.86. The van der Waals surface area contributed by atoms with Gasteiger partial charge in [0, 0.05) is 61.0 Å². The predicted molar refractivity (Wildman–Crippen MR) is 204 cm³/mol. The van der Waals surface area contributed by atoms with Gasteiger partial charge in [-0.25, -0.2) is 4.98 Å². The number of aromatic nitrogens is 1. The molecule has 5 heteroatoms. The van der Waals surface area contributed by atoms with Crippen LogP contribution >= 0.6 is 0 Å². The minimum absolute atomic E-state index is 0.662. The van der Waals surface area contributed by atoms with Gasteiger partial charge in [-0.15, -0.1) is 0 Å². The zero-order valence-electron chi connectivity index (χ0n) is 26.6. The van der Waals surface area contributed by atoms with Crippen molar-refractivity contribution in [1.29, 1.82) is 0 Å². The fourth-order valence-electron chi connectivity index (χ4n) is 7.55. The van der Waals surface area contributed by atoms with Gasteiger partial charge in [-0.05, 0) is 108 Å². The van der Waals surface area contributed by atoms with Gasteiger partial charge in [0.2, 0.25) is 5.71 Å². The first-order chi connectivity index (χ1) is 24.7. The van der Waals surface area contributed by atoms with E-state index in [1.165, 1.54) is 0 Å². The molecule has 0 aliphatic carbocycles. The number of hydrogen-bond acceptors (Lipinski definition) is 5. The van der Waals surface area contributed by atoms with Gasteiger partial charge in [-0.2, -0.15) is 0 Å². The van der Waals surface area contributed by atoms with Gasteiger partial charge in [0.25, 0.3) is 0 Å². The van der Waals surface area contributed by atoms with E-state index in [-0.39, 0.29) is 0 Å². The monoisotopic (exact) mass is 642 g/mol. The molecule has 5 nitrogen and oxygen atoms in total. The molecule has 0 saturated heterocycles. The molecule has 11 rings (SSSR count). The molecule has 7 aromatic carbocycles. The molecule has 0 unspecified atom stereocenters. The summed E-state index contributed by atoms with van der Waals surface area (Å²) in [6.45, 7) is 0. The summed E-state index contributed by atoms with van der Waals surface area (Å²) in [6.07, 6.45) is 1.77. The van der Waals surface area contributed by atoms with Crippen molar-refractivity contribution in [2.45, 2.75) is 0 Å². The SMILES string of the molecule is c1cc(-c2ccc3c(ccc4c5cccnc5oc34)c2)cc(N(c2ccc3oc4ccccc4c3c2)c2ccc3oc4ccccc4c3c2)c1. The maximum absolute atomic E-state index is 6.23. The molecule has 0 aliphatic heterocycles. The van der Waals surface area contributed by atoms with Crippen LogP contribution in [0.25, 0.3) is 87.8 Å². The lowest BCUT2D eigenvalue weighted by atomic mass is 9.99. The molecular formula is C45H26N2O3. The highest BCUT2D eigenvalue weighted by atomic mass is 16.3. The molecule has 0 bridgehead atoms. The highest BCUT2D eigenvalue weighted by Crippen LogP contribution is 2.42. The van der Waals surface area contributed by atoms with E-state index in [2.05, 4.69) is 131 Å². The topological polar surface area (TPSA) is 55.6 Å². The second-order valence-electron chi connectivity index (χ2n) is 12.8. The summed E-state index contributed by atoms with van der Waals surface area (Å²) in [5, 5.41) is 8.65. The van der Waals surface area contributed by atoms with E-state index in [0.717, 1.165) is 99.2 Å². The van der Waals surface area contributed by atoms with Gasteiger partial charge in [-0.3, -0.25) is 0 Å². The van der Waals surface area contributed by atoms with Gasteiger partial charge in [0.05, 0.1) is 0 Å². The summed E-state index contributed by atoms with van der Waals surface area (Å²) in [5.41, 5.74) is 10.4. The van der Waals surface area contributed by atoms with E-state index < -0.39 is 0 Å². The second-order valence-corrected chi connectivity index (χ2v) is 12.8. The Bertz CT molecular complexity index is 3010. The molecule has 234 valence electrons. The quantitative estimate of drug-likeness (QED) is 0.191. The third kappa shape index (κ3) is 4.04. The highest BCUT2D eigenvalue weighted by molar-refractivity contribution is 6.15. The van der Waals surface area contributed by atoms with Crippen molar-refractivity contribution in [1.82, 2.24) is 4.98 Å². The third-order valence-corrected chi connectivity index (χ3v) is 9.91. The van der Waals surface area contributed by atoms with Gasteiger partial charge in [-0.1, -0.05) is 60.7 Å². The van der Waals surface area contributed by atoms with Crippen molar-refractivity contribution in [2.75, 3.05) is 4.90 Å². The molecule has 0 spiro atoms. The molecular weight excluding hydrogens is 617 g/mol. The zero-order chi connectivity index (χ0) is 32.8. The summed E-state index contributed by atoms with van der Waals surface area (Å²) in [6, 6.07) is 53.0. The predicted octanol–water partition coefficient (Wildman–Crippen LogP) is 13.1. The number of nitrogens with zero attached hydrogens (tertiary/aromatic N) is 2. The molecule has 11 aromatic rings. The van der Waals surface area contributed by atoms with Crippen LogP contribution in [0.3, 0.4) is 0 Å². The van der Waals surface area contributed by atoms with E-state index in [9.17, 15) is 0 Å². The largest absolute Gasteiger partial charge is 0.456 e. The van der Waals surface area contributed by atoms with Crippen molar-refractivity contribution in [2.24, 2.45) is 0 Å². The van der Waals surface area contributed by atoms with E-state index >= 15 is 0 Å². The first-order valence-corrected chi connectivity index (χ1v) is 16.7. The van der Waals surface area contributed by atoms with E-state index in [4.69, 9.17) is 13.3 Å². The molecule has 0 saturated carbocycles. The average molecular weight is 643 g/mol. The molecule has 0 fully saturated rings. The molecule has 0 amide bonds. The van der Waals surface area contributed by atoms with Crippen LogP contribution in [0.5, 0.6) is 0 Å². The Morgan fingerprint density at radius 2 is 1.00 bits per heavy atom. The van der Waals surface area contributed by atoms with Crippen LogP contribution in [0.2, 0.25) is 0 Å². The Hall–Kier alpha value is -6.85. The van der Waals surface area contributed by atoms with Gasteiger partial charge < -0.3 is 18.2 Å². The van der Waals surface area contributed by atoms with Crippen LogP contribution in [0.4, 0.5) is 17.1 Å². The summed E-state index contributed by atoms with van der Waals surface area (Å²) in [7, 11) is 0. The van der Waals surface area contributed by atoms with Crippen molar-refractivity contribution >= 4 is 93.8 Å². The van der Waals surface area contributed by atoms with Gasteiger partial charge in [0.1, 0.15) is 27.9 Å². The fourth-order valence-corrected chi connectivity index (χ4v) is 7.55. The number of hydrogen-bond donors (Lipinski definition) is 0. The number of para-hydroxylation sites is 2. The highest BCUT2D eigenvalue weighted by Gasteiger charge is 2.19. The second kappa shape index (κ2) is 10.3. The van der Waals surface area contributed by atoms with E-state index in [1.54, 1.807) is 6.20 Å². The first-order valence-electron chi connectivity index (χ1n) is 16.7. The molecule has 4 heterocycles. The Morgan fingerprint density at radius 1 is 0.380 bits per heavy atom. The number of pyridine rings is 1. The lowest BCUT2D eigenvalue weighted by Crippen LogP contribution is -2.10. The first kappa shape index (κ1) is 27.1.